The van der Waals surface area contributed by atoms with Gasteiger partial charge in [-0.3, -0.25) is 34.3 Å². The molecule has 12 nitrogen and oxygen atoms in total. The van der Waals surface area contributed by atoms with E-state index in [0.29, 0.717) is 16.7 Å². The van der Waals surface area contributed by atoms with Crippen molar-refractivity contribution in [2.45, 2.75) is 6.54 Å². The molecule has 0 atom stereocenters. The first kappa shape index (κ1) is 19.9. The fraction of sp³-hybridized carbons (Fsp3) is 0.294. The number of hydrogen-bond donors (Lipinski definition) is 2. The van der Waals surface area contributed by atoms with Crippen molar-refractivity contribution in [1.29, 1.82) is 0 Å². The van der Waals surface area contributed by atoms with E-state index in [9.17, 15) is 19.7 Å². The smallest absolute Gasteiger partial charge is 0.280 e. The van der Waals surface area contributed by atoms with E-state index in [0.717, 1.165) is 0 Å². The first-order valence-corrected chi connectivity index (χ1v) is 8.61. The van der Waals surface area contributed by atoms with Crippen molar-refractivity contribution in [1.82, 2.24) is 24.1 Å². The van der Waals surface area contributed by atoms with Gasteiger partial charge in [0.05, 0.1) is 24.4 Å². The number of aliphatic hydroxyl groups excluding tert-OH is 1. The molecule has 29 heavy (non-hydrogen) atoms. The number of aliphatic hydroxyl groups is 1. The number of hydrogen-bond acceptors (Lipinski definition) is 8. The van der Waals surface area contributed by atoms with Gasteiger partial charge >= 0.3 is 0 Å². The van der Waals surface area contributed by atoms with Crippen LogP contribution in [0.4, 0.5) is 5.69 Å². The number of nitro benzene ring substituents is 1. The Kier molecular flexibility index (Phi) is 5.54. The molecule has 0 saturated carbocycles. The fourth-order valence-electron chi connectivity index (χ4n) is 2.89. The first-order valence-electron chi connectivity index (χ1n) is 8.61. The number of nitrogens with zero attached hydrogens (tertiary/aromatic N) is 6. The van der Waals surface area contributed by atoms with Gasteiger partial charge in [0.2, 0.25) is 5.62 Å². The Balaban J connectivity index is 1.86. The molecule has 2 aromatic heterocycles. The molecule has 0 bridgehead atoms. The third-order valence-corrected chi connectivity index (χ3v) is 4.40. The van der Waals surface area contributed by atoms with Crippen molar-refractivity contribution in [2.24, 2.45) is 19.2 Å². The van der Waals surface area contributed by atoms with E-state index in [2.05, 4.69) is 15.5 Å². The van der Waals surface area contributed by atoms with Crippen molar-refractivity contribution < 1.29 is 14.8 Å². The number of Topliss-reactive ketones (excluding diaryl/α,β-unsaturated/α-hetero) is 1. The SMILES string of the molecule is Cn1c(=O)c2c(ncn2CCO)n(C)c1=NNCC(=O)c1ccc([N+](=O)[O-])cc1. The number of fused-ring (bicyclic) bond motifs is 1. The zero-order chi connectivity index (χ0) is 21.1. The molecule has 2 N–H and O–H groups in total. The van der Waals surface area contributed by atoms with Gasteiger partial charge in [0.1, 0.15) is 0 Å². The Hall–Kier alpha value is -3.80. The molecule has 0 amide bonds. The van der Waals surface area contributed by atoms with Crippen LogP contribution >= 0.6 is 0 Å². The lowest BCUT2D eigenvalue weighted by atomic mass is 10.1. The number of carbonyl (C=O) groups excluding carboxylic acids is 1. The maximum absolute atomic E-state index is 12.7. The molecule has 0 saturated heterocycles. The van der Waals surface area contributed by atoms with Gasteiger partial charge < -0.3 is 9.67 Å². The summed E-state index contributed by atoms with van der Waals surface area (Å²) < 4.78 is 4.46. The van der Waals surface area contributed by atoms with Crippen molar-refractivity contribution in [3.8, 4) is 0 Å². The van der Waals surface area contributed by atoms with Crippen LogP contribution in [0.5, 0.6) is 0 Å². The second-order valence-electron chi connectivity index (χ2n) is 6.23. The van der Waals surface area contributed by atoms with Crippen LogP contribution in [0.3, 0.4) is 0 Å². The maximum Gasteiger partial charge on any atom is 0.280 e. The predicted molar refractivity (Wildman–Crippen MR) is 102 cm³/mol. The average molecular weight is 401 g/mol. The Bertz CT molecular complexity index is 1200. The van der Waals surface area contributed by atoms with E-state index in [1.54, 1.807) is 16.2 Å². The van der Waals surface area contributed by atoms with Crippen LogP contribution in [0.15, 0.2) is 40.5 Å². The van der Waals surface area contributed by atoms with Gasteiger partial charge in [-0.2, -0.15) is 0 Å². The number of aromatic nitrogens is 4. The summed E-state index contributed by atoms with van der Waals surface area (Å²) in [5.74, 6) is -0.315. The summed E-state index contributed by atoms with van der Waals surface area (Å²) in [4.78, 5) is 39.2. The molecule has 0 unspecified atom stereocenters. The number of nitrogens with one attached hydrogen (secondary N) is 1. The average Bonchev–Trinajstić information content (AvgIpc) is 3.13. The number of ketones is 1. The van der Waals surface area contributed by atoms with Gasteiger partial charge in [0.25, 0.3) is 11.2 Å². The Morgan fingerprint density at radius 1 is 1.28 bits per heavy atom. The van der Waals surface area contributed by atoms with Gasteiger partial charge in [-0.1, -0.05) is 0 Å². The fourth-order valence-corrected chi connectivity index (χ4v) is 2.89. The van der Waals surface area contributed by atoms with Crippen LogP contribution in [-0.4, -0.2) is 47.6 Å². The zero-order valence-electron chi connectivity index (χ0n) is 15.8. The van der Waals surface area contributed by atoms with Crippen LogP contribution in [0, 0.1) is 10.1 Å². The standard InChI is InChI=1S/C17H19N7O5/c1-21-15-14(23(7-8-25)10-18-15)16(27)22(2)17(21)20-19-9-13(26)11-3-5-12(6-4-11)24(28)29/h3-6,10,19,25H,7-9H2,1-2H3. The molecule has 1 aromatic carbocycles. The quantitative estimate of drug-likeness (QED) is 0.301. The monoisotopic (exact) mass is 401 g/mol. The van der Waals surface area contributed by atoms with E-state index in [1.165, 1.54) is 42.2 Å². The summed E-state index contributed by atoms with van der Waals surface area (Å²) in [6.45, 7) is -0.0516. The van der Waals surface area contributed by atoms with Gasteiger partial charge in [0.15, 0.2) is 16.9 Å². The summed E-state index contributed by atoms with van der Waals surface area (Å²) in [5.41, 5.74) is 3.46. The normalized spacial score (nSPS) is 11.8. The Morgan fingerprint density at radius 2 is 1.97 bits per heavy atom. The highest BCUT2D eigenvalue weighted by Crippen LogP contribution is 2.12. The van der Waals surface area contributed by atoms with E-state index < -0.39 is 4.92 Å². The molecule has 0 spiro atoms. The largest absolute Gasteiger partial charge is 0.395 e. The number of carbonyl (C=O) groups is 1. The zero-order valence-corrected chi connectivity index (χ0v) is 15.8. The molecule has 3 aromatic rings. The lowest BCUT2D eigenvalue weighted by Gasteiger charge is -2.08. The highest BCUT2D eigenvalue weighted by Gasteiger charge is 2.14. The van der Waals surface area contributed by atoms with Crippen molar-refractivity contribution in [2.75, 3.05) is 13.2 Å². The number of imidazole rings is 1. The highest BCUT2D eigenvalue weighted by molar-refractivity contribution is 5.97. The second kappa shape index (κ2) is 8.06. The lowest BCUT2D eigenvalue weighted by molar-refractivity contribution is -0.384. The van der Waals surface area contributed by atoms with E-state index in [4.69, 9.17) is 5.11 Å². The van der Waals surface area contributed by atoms with Crippen LogP contribution in [0.25, 0.3) is 11.2 Å². The third-order valence-electron chi connectivity index (χ3n) is 4.40. The molecule has 3 rings (SSSR count). The van der Waals surface area contributed by atoms with Gasteiger partial charge in [0, 0.05) is 38.3 Å². The molecule has 0 aliphatic rings. The van der Waals surface area contributed by atoms with Crippen LogP contribution in [-0.2, 0) is 20.6 Å². The number of non-ortho nitro benzene ring substituents is 1. The summed E-state index contributed by atoms with van der Waals surface area (Å²) in [6.07, 6.45) is 1.47. The first-order chi connectivity index (χ1) is 13.8. The van der Waals surface area contributed by atoms with Crippen LogP contribution < -0.4 is 16.6 Å². The minimum absolute atomic E-state index is 0.102. The highest BCUT2D eigenvalue weighted by atomic mass is 16.6. The maximum atomic E-state index is 12.7. The van der Waals surface area contributed by atoms with Crippen molar-refractivity contribution in [3.05, 3.63) is 62.2 Å². The van der Waals surface area contributed by atoms with Gasteiger partial charge in [-0.15, -0.1) is 5.10 Å². The molecule has 0 aliphatic heterocycles. The van der Waals surface area contributed by atoms with E-state index in [-0.39, 0.29) is 42.3 Å². The van der Waals surface area contributed by atoms with Crippen molar-refractivity contribution >= 4 is 22.6 Å². The van der Waals surface area contributed by atoms with Gasteiger partial charge in [-0.05, 0) is 12.1 Å². The molecule has 12 heteroatoms. The van der Waals surface area contributed by atoms with E-state index in [1.807, 2.05) is 0 Å². The summed E-state index contributed by atoms with van der Waals surface area (Å²) in [6, 6.07) is 5.25. The second-order valence-corrected chi connectivity index (χ2v) is 6.23. The molecule has 2 heterocycles. The van der Waals surface area contributed by atoms with Gasteiger partial charge in [-0.25, -0.2) is 4.98 Å². The van der Waals surface area contributed by atoms with E-state index >= 15 is 0 Å². The minimum atomic E-state index is -0.541. The molecule has 0 aliphatic carbocycles. The predicted octanol–water partition coefficient (Wildman–Crippen LogP) is -0.738. The topological polar surface area (TPSA) is 150 Å². The number of aryl methyl sites for hydroxylation is 1. The number of nitro groups is 1. The molecular weight excluding hydrogens is 382 g/mol. The summed E-state index contributed by atoms with van der Waals surface area (Å²) >= 11 is 0. The molecule has 0 fully saturated rings. The van der Waals surface area contributed by atoms with Crippen LogP contribution in [0.1, 0.15) is 10.4 Å². The Morgan fingerprint density at radius 3 is 2.59 bits per heavy atom. The molecule has 0 radical (unpaired) electrons. The van der Waals surface area contributed by atoms with Crippen molar-refractivity contribution in [3.63, 3.8) is 0 Å². The lowest BCUT2D eigenvalue weighted by Crippen LogP contribution is -2.40. The molecule has 152 valence electrons. The molecular formula is C17H19N7O5. The Labute approximate surface area is 163 Å². The van der Waals surface area contributed by atoms with Crippen LogP contribution in [0.2, 0.25) is 0 Å². The minimum Gasteiger partial charge on any atom is -0.395 e. The summed E-state index contributed by atoms with van der Waals surface area (Å²) in [7, 11) is 3.22. The summed E-state index contributed by atoms with van der Waals surface area (Å²) in [5, 5.41) is 23.9. The third kappa shape index (κ3) is 3.78. The number of rotatable bonds is 7. The number of benzene rings is 1.